The van der Waals surface area contributed by atoms with Crippen LogP contribution in [0.5, 0.6) is 0 Å². The van der Waals surface area contributed by atoms with Gasteiger partial charge in [0.25, 0.3) is 0 Å². The fourth-order valence-corrected chi connectivity index (χ4v) is 7.18. The zero-order valence-corrected chi connectivity index (χ0v) is 18.8. The number of hydrogen-bond donors (Lipinski definition) is 0. The van der Waals surface area contributed by atoms with E-state index in [0.29, 0.717) is 6.42 Å². The maximum Gasteiger partial charge on any atom is 0.234 e. The summed E-state index contributed by atoms with van der Waals surface area (Å²) in [7, 11) is 0. The van der Waals surface area contributed by atoms with Crippen LogP contribution < -0.4 is 0 Å². The summed E-state index contributed by atoms with van der Waals surface area (Å²) in [5, 5.41) is 0. The van der Waals surface area contributed by atoms with Gasteiger partial charge in [-0.1, -0.05) is 38.2 Å². The van der Waals surface area contributed by atoms with Crippen LogP contribution in [-0.2, 0) is 19.2 Å². The van der Waals surface area contributed by atoms with Crippen molar-refractivity contribution in [3.8, 4) is 0 Å². The molecule has 4 amide bonds. The lowest BCUT2D eigenvalue weighted by atomic mass is 9.85. The highest BCUT2D eigenvalue weighted by Crippen LogP contribution is 2.54. The van der Waals surface area contributed by atoms with E-state index in [0.717, 1.165) is 12.8 Å². The van der Waals surface area contributed by atoms with E-state index < -0.39 is 5.54 Å². The minimum absolute atomic E-state index is 0.0640. The van der Waals surface area contributed by atoms with Gasteiger partial charge in [-0.25, -0.2) is 0 Å². The van der Waals surface area contributed by atoms with Crippen LogP contribution in [0.25, 0.3) is 0 Å². The molecule has 2 saturated carbocycles. The van der Waals surface area contributed by atoms with E-state index >= 15 is 0 Å². The first-order valence-corrected chi connectivity index (χ1v) is 11.9. The minimum atomic E-state index is -0.715. The first kappa shape index (κ1) is 20.7. The maximum atomic E-state index is 13.1. The van der Waals surface area contributed by atoms with Gasteiger partial charge in [0.1, 0.15) is 0 Å². The van der Waals surface area contributed by atoms with Crippen molar-refractivity contribution < 1.29 is 19.2 Å². The molecule has 4 bridgehead atoms. The molecule has 31 heavy (non-hydrogen) atoms. The number of rotatable bonds is 4. The van der Waals surface area contributed by atoms with Crippen molar-refractivity contribution in [1.29, 1.82) is 0 Å². The monoisotopic (exact) mass is 424 g/mol. The van der Waals surface area contributed by atoms with E-state index in [4.69, 9.17) is 0 Å². The van der Waals surface area contributed by atoms with Crippen LogP contribution in [0.2, 0.25) is 0 Å². The summed E-state index contributed by atoms with van der Waals surface area (Å²) < 4.78 is 0. The Kier molecular flexibility index (Phi) is 4.58. The number of nitrogens with zero attached hydrogens (tertiary/aromatic N) is 2. The Morgan fingerprint density at radius 2 is 1.06 bits per heavy atom. The molecule has 2 aliphatic heterocycles. The Bertz CT molecular complexity index is 858. The third-order valence-electron chi connectivity index (χ3n) is 8.58. The molecule has 6 aliphatic rings. The van der Waals surface area contributed by atoms with E-state index in [9.17, 15) is 19.2 Å². The molecule has 0 radical (unpaired) electrons. The summed E-state index contributed by atoms with van der Waals surface area (Å²) in [5.41, 5.74) is -0.715. The number of carbonyl (C=O) groups excluding carboxylic acids is 4. The summed E-state index contributed by atoms with van der Waals surface area (Å²) in [6.45, 7) is 8.04. The molecule has 0 spiro atoms. The fraction of sp³-hybridized carbons (Fsp3) is 0.680. The molecule has 0 N–H and O–H groups in total. The second kappa shape index (κ2) is 6.88. The summed E-state index contributed by atoms with van der Waals surface area (Å²) in [5.74, 6) is -0.323. The highest BCUT2D eigenvalue weighted by molar-refractivity contribution is 6.07. The second-order valence-electron chi connectivity index (χ2n) is 10.4. The molecular formula is C25H32N2O4. The van der Waals surface area contributed by atoms with Gasteiger partial charge in [0.15, 0.2) is 0 Å². The molecule has 166 valence electrons. The van der Waals surface area contributed by atoms with Gasteiger partial charge in [0, 0.05) is 12.1 Å². The number of carbonyl (C=O) groups is 4. The third kappa shape index (κ3) is 2.63. The van der Waals surface area contributed by atoms with Crippen molar-refractivity contribution in [2.45, 2.75) is 52.5 Å². The van der Waals surface area contributed by atoms with Gasteiger partial charge >= 0.3 is 0 Å². The van der Waals surface area contributed by atoms with Gasteiger partial charge in [-0.3, -0.25) is 29.0 Å². The van der Waals surface area contributed by atoms with E-state index in [1.54, 1.807) is 0 Å². The number of fused-ring (bicyclic) bond motifs is 10. The Morgan fingerprint density at radius 3 is 1.45 bits per heavy atom. The van der Waals surface area contributed by atoms with Crippen LogP contribution >= 0.6 is 0 Å². The number of likely N-dealkylation sites (tertiary alicyclic amines) is 2. The molecule has 6 heteroatoms. The number of imide groups is 2. The first-order chi connectivity index (χ1) is 14.8. The quantitative estimate of drug-likeness (QED) is 0.514. The second-order valence-corrected chi connectivity index (χ2v) is 10.4. The third-order valence-corrected chi connectivity index (χ3v) is 8.58. The highest BCUT2D eigenvalue weighted by atomic mass is 16.2. The number of amides is 4. The molecule has 6 nitrogen and oxygen atoms in total. The van der Waals surface area contributed by atoms with E-state index in [1.807, 2.05) is 27.7 Å². The van der Waals surface area contributed by atoms with Gasteiger partial charge in [0.05, 0.1) is 23.7 Å². The predicted molar refractivity (Wildman–Crippen MR) is 114 cm³/mol. The van der Waals surface area contributed by atoms with Crippen molar-refractivity contribution in [1.82, 2.24) is 9.80 Å². The maximum absolute atomic E-state index is 13.1. The molecule has 0 aromatic heterocycles. The molecule has 8 unspecified atom stereocenters. The summed E-state index contributed by atoms with van der Waals surface area (Å²) in [6.07, 6.45) is 10.6. The highest BCUT2D eigenvalue weighted by Gasteiger charge is 2.62. The topological polar surface area (TPSA) is 74.8 Å². The van der Waals surface area contributed by atoms with Gasteiger partial charge in [0.2, 0.25) is 23.6 Å². The molecule has 8 atom stereocenters. The zero-order chi connectivity index (χ0) is 22.2. The normalized spacial score (nSPS) is 41.4. The molecule has 2 saturated heterocycles. The van der Waals surface area contributed by atoms with Crippen LogP contribution in [0.3, 0.4) is 0 Å². The Morgan fingerprint density at radius 1 is 0.710 bits per heavy atom. The zero-order valence-electron chi connectivity index (χ0n) is 18.8. The van der Waals surface area contributed by atoms with Crippen molar-refractivity contribution in [3.63, 3.8) is 0 Å². The standard InChI is InChI=1S/C23H26N2O4.C2H6/c1-23(2,25-21(28)17-13-5-6-14(10-13)18(17)22(25)29)7-8-24-19(26)15-11-3-4-12(9-11)16(15)20(24)27;1-2/h3-6,11-18H,7-10H2,1-2H3;1-2H3. The van der Waals surface area contributed by atoms with E-state index in [1.165, 1.54) is 9.80 Å². The SMILES string of the molecule is CC.CC(C)(CCN1C(=O)C2C3C=CC(C3)C2C1=O)N1C(=O)C2C3C=CC(C3)C2C1=O. The van der Waals surface area contributed by atoms with Crippen LogP contribution in [0.4, 0.5) is 0 Å². The van der Waals surface area contributed by atoms with Crippen molar-refractivity contribution >= 4 is 23.6 Å². The van der Waals surface area contributed by atoms with Gasteiger partial charge in [-0.15, -0.1) is 0 Å². The van der Waals surface area contributed by atoms with Crippen LogP contribution in [0.1, 0.15) is 47.0 Å². The summed E-state index contributed by atoms with van der Waals surface area (Å²) in [6, 6.07) is 0. The lowest BCUT2D eigenvalue weighted by Crippen LogP contribution is -2.51. The Hall–Kier alpha value is -2.24. The average molecular weight is 425 g/mol. The largest absolute Gasteiger partial charge is 0.282 e. The van der Waals surface area contributed by atoms with Gasteiger partial charge in [-0.05, 0) is 56.8 Å². The lowest BCUT2D eigenvalue weighted by molar-refractivity contribution is -0.147. The van der Waals surface area contributed by atoms with Crippen LogP contribution in [-0.4, -0.2) is 45.5 Å². The first-order valence-electron chi connectivity index (χ1n) is 11.9. The van der Waals surface area contributed by atoms with Gasteiger partial charge < -0.3 is 0 Å². The molecule has 0 aromatic rings. The molecule has 0 aromatic carbocycles. The number of hydrogen-bond acceptors (Lipinski definition) is 4. The van der Waals surface area contributed by atoms with Crippen molar-refractivity contribution in [2.24, 2.45) is 47.3 Å². The molecule has 4 fully saturated rings. The lowest BCUT2D eigenvalue weighted by Gasteiger charge is -2.36. The van der Waals surface area contributed by atoms with E-state index in [2.05, 4.69) is 24.3 Å². The van der Waals surface area contributed by atoms with E-state index in [-0.39, 0.29) is 77.5 Å². The fourth-order valence-electron chi connectivity index (χ4n) is 7.18. The summed E-state index contributed by atoms with van der Waals surface area (Å²) >= 11 is 0. The minimum Gasteiger partial charge on any atom is -0.282 e. The summed E-state index contributed by atoms with van der Waals surface area (Å²) in [4.78, 5) is 55.0. The Balaban J connectivity index is 0.000000994. The van der Waals surface area contributed by atoms with Crippen LogP contribution in [0, 0.1) is 47.3 Å². The molecule has 2 heterocycles. The van der Waals surface area contributed by atoms with Gasteiger partial charge in [-0.2, -0.15) is 0 Å². The van der Waals surface area contributed by atoms with Crippen LogP contribution in [0.15, 0.2) is 24.3 Å². The average Bonchev–Trinajstić information content (AvgIpc) is 3.56. The molecular weight excluding hydrogens is 392 g/mol. The van der Waals surface area contributed by atoms with Crippen molar-refractivity contribution in [2.75, 3.05) is 6.54 Å². The Labute approximate surface area is 183 Å². The molecule has 4 aliphatic carbocycles. The molecule has 6 rings (SSSR count). The smallest absolute Gasteiger partial charge is 0.234 e. The predicted octanol–water partition coefficient (Wildman–Crippen LogP) is 2.80. The van der Waals surface area contributed by atoms with Crippen molar-refractivity contribution in [3.05, 3.63) is 24.3 Å². The number of allylic oxidation sites excluding steroid dienone is 4.